The van der Waals surface area contributed by atoms with E-state index in [-0.39, 0.29) is 10.8 Å². The van der Waals surface area contributed by atoms with Gasteiger partial charge in [0.15, 0.2) is 0 Å². The molecule has 0 bridgehead atoms. The van der Waals surface area contributed by atoms with Crippen LogP contribution in [-0.4, -0.2) is 11.0 Å². The van der Waals surface area contributed by atoms with Crippen LogP contribution >= 0.6 is 12.2 Å². The van der Waals surface area contributed by atoms with E-state index < -0.39 is 0 Å². The maximum absolute atomic E-state index is 13.5. The average molecular weight is 238 g/mol. The zero-order valence-electron chi connectivity index (χ0n) is 9.16. The maximum atomic E-state index is 13.5. The lowest BCUT2D eigenvalue weighted by molar-refractivity contribution is 0.625. The molecular weight excluding hydrogens is 223 g/mol. The van der Waals surface area contributed by atoms with Crippen LogP contribution < -0.4 is 11.1 Å². The van der Waals surface area contributed by atoms with Crippen LogP contribution in [0.1, 0.15) is 25.3 Å². The van der Waals surface area contributed by atoms with Gasteiger partial charge in [-0.15, -0.1) is 0 Å². The van der Waals surface area contributed by atoms with Gasteiger partial charge in [-0.3, -0.25) is 0 Å². The van der Waals surface area contributed by atoms with Crippen LogP contribution in [-0.2, 0) is 0 Å². The van der Waals surface area contributed by atoms with Gasteiger partial charge in [0.1, 0.15) is 10.8 Å². The van der Waals surface area contributed by atoms with E-state index in [4.69, 9.17) is 18.0 Å². The third-order valence-corrected chi connectivity index (χ3v) is 3.25. The van der Waals surface area contributed by atoms with Gasteiger partial charge in [-0.05, 0) is 30.5 Å². The summed E-state index contributed by atoms with van der Waals surface area (Å²) in [6.45, 7) is 2.17. The highest BCUT2D eigenvalue weighted by molar-refractivity contribution is 7.80. The minimum atomic E-state index is -0.355. The summed E-state index contributed by atoms with van der Waals surface area (Å²) < 4.78 is 13.5. The minimum absolute atomic E-state index is 0.0990. The van der Waals surface area contributed by atoms with Crippen LogP contribution in [0.2, 0.25) is 0 Å². The molecular formula is C12H15FN2S. The minimum Gasteiger partial charge on any atom is -0.389 e. The zero-order chi connectivity index (χ0) is 11.7. The van der Waals surface area contributed by atoms with Gasteiger partial charge in [0, 0.05) is 17.3 Å². The molecule has 4 heteroatoms. The summed E-state index contributed by atoms with van der Waals surface area (Å²) in [7, 11) is 0. The molecule has 86 valence electrons. The monoisotopic (exact) mass is 238 g/mol. The number of benzene rings is 1. The molecule has 2 rings (SSSR count). The van der Waals surface area contributed by atoms with Gasteiger partial charge < -0.3 is 11.1 Å². The molecule has 16 heavy (non-hydrogen) atoms. The average Bonchev–Trinajstić information content (AvgIpc) is 2.96. The van der Waals surface area contributed by atoms with Gasteiger partial charge in [0.2, 0.25) is 0 Å². The van der Waals surface area contributed by atoms with E-state index in [0.29, 0.717) is 11.6 Å². The first-order chi connectivity index (χ1) is 7.61. The molecule has 0 saturated heterocycles. The van der Waals surface area contributed by atoms with Crippen molar-refractivity contribution in [2.24, 2.45) is 11.7 Å². The molecule has 2 unspecified atom stereocenters. The van der Waals surface area contributed by atoms with Crippen LogP contribution in [0.5, 0.6) is 0 Å². The van der Waals surface area contributed by atoms with Crippen LogP contribution in [0.3, 0.4) is 0 Å². The molecule has 1 aromatic carbocycles. The standard InChI is InChI=1S/C12H15FN2S/c1-2-7-5-11(7)15-8-3-4-9(12(14)16)10(13)6-8/h3-4,6-7,11,15H,2,5H2,1H3,(H2,14,16). The van der Waals surface area contributed by atoms with Gasteiger partial charge >= 0.3 is 0 Å². The molecule has 0 aromatic heterocycles. The summed E-state index contributed by atoms with van der Waals surface area (Å²) in [4.78, 5) is 0.0990. The van der Waals surface area contributed by atoms with E-state index in [1.807, 2.05) is 6.07 Å². The number of rotatable bonds is 4. The fraction of sp³-hybridized carbons (Fsp3) is 0.417. The number of nitrogens with two attached hydrogens (primary N) is 1. The molecule has 2 atom stereocenters. The van der Waals surface area contributed by atoms with E-state index in [1.54, 1.807) is 6.07 Å². The topological polar surface area (TPSA) is 38.0 Å². The summed E-state index contributed by atoms with van der Waals surface area (Å²) in [5.74, 6) is 0.379. The van der Waals surface area contributed by atoms with Crippen molar-refractivity contribution >= 4 is 22.9 Å². The first-order valence-electron chi connectivity index (χ1n) is 5.47. The summed E-state index contributed by atoms with van der Waals surface area (Å²) in [5.41, 5.74) is 6.51. The lowest BCUT2D eigenvalue weighted by Gasteiger charge is -2.07. The summed E-state index contributed by atoms with van der Waals surface area (Å²) in [6.07, 6.45) is 2.35. The third-order valence-electron chi connectivity index (χ3n) is 3.03. The van der Waals surface area contributed by atoms with E-state index in [1.165, 1.54) is 18.9 Å². The Morgan fingerprint density at radius 2 is 2.38 bits per heavy atom. The molecule has 0 radical (unpaired) electrons. The maximum Gasteiger partial charge on any atom is 0.135 e. The van der Waals surface area contributed by atoms with Crippen molar-refractivity contribution in [2.45, 2.75) is 25.8 Å². The Bertz CT molecular complexity index is 419. The molecule has 2 nitrogen and oxygen atoms in total. The molecule has 1 aliphatic rings. The number of hydrogen-bond donors (Lipinski definition) is 2. The highest BCUT2D eigenvalue weighted by atomic mass is 32.1. The predicted octanol–water partition coefficient (Wildman–Crippen LogP) is 2.67. The number of hydrogen-bond acceptors (Lipinski definition) is 2. The Morgan fingerprint density at radius 3 is 2.88 bits per heavy atom. The third kappa shape index (κ3) is 2.32. The number of halogens is 1. The molecule has 0 aliphatic heterocycles. The Balaban J connectivity index is 2.07. The Labute approximate surface area is 100 Å². The first kappa shape index (κ1) is 11.3. The first-order valence-corrected chi connectivity index (χ1v) is 5.88. The summed E-state index contributed by atoms with van der Waals surface area (Å²) in [6, 6.07) is 5.41. The Kier molecular flexibility index (Phi) is 3.10. The highest BCUT2D eigenvalue weighted by Gasteiger charge is 2.35. The second-order valence-electron chi connectivity index (χ2n) is 4.21. The summed E-state index contributed by atoms with van der Waals surface area (Å²) >= 11 is 4.75. The van der Waals surface area contributed by atoms with Crippen molar-refractivity contribution in [3.63, 3.8) is 0 Å². The fourth-order valence-corrected chi connectivity index (χ4v) is 2.06. The normalized spacial score (nSPS) is 22.9. The molecule has 3 N–H and O–H groups in total. The van der Waals surface area contributed by atoms with Gasteiger partial charge in [0.05, 0.1) is 0 Å². The number of nitrogens with one attached hydrogen (secondary N) is 1. The molecule has 1 saturated carbocycles. The number of anilines is 1. The van der Waals surface area contributed by atoms with Crippen molar-refractivity contribution < 1.29 is 4.39 Å². The molecule has 1 aromatic rings. The molecule has 0 amide bonds. The molecule has 1 fully saturated rings. The van der Waals surface area contributed by atoms with Crippen molar-refractivity contribution in [3.05, 3.63) is 29.6 Å². The molecule has 0 heterocycles. The molecule has 0 spiro atoms. The van der Waals surface area contributed by atoms with E-state index in [0.717, 1.165) is 11.6 Å². The Hall–Kier alpha value is -1.16. The van der Waals surface area contributed by atoms with E-state index in [2.05, 4.69) is 12.2 Å². The number of thiocarbonyl (C=S) groups is 1. The quantitative estimate of drug-likeness (QED) is 0.792. The zero-order valence-corrected chi connectivity index (χ0v) is 9.98. The van der Waals surface area contributed by atoms with Gasteiger partial charge in [-0.25, -0.2) is 4.39 Å². The van der Waals surface area contributed by atoms with Crippen molar-refractivity contribution in [1.82, 2.24) is 0 Å². The second kappa shape index (κ2) is 4.37. The van der Waals surface area contributed by atoms with Crippen LogP contribution in [0.15, 0.2) is 18.2 Å². The lowest BCUT2D eigenvalue weighted by atomic mass is 10.2. The van der Waals surface area contributed by atoms with E-state index >= 15 is 0 Å². The fourth-order valence-electron chi connectivity index (χ4n) is 1.89. The Morgan fingerprint density at radius 1 is 1.62 bits per heavy atom. The summed E-state index contributed by atoms with van der Waals surface area (Å²) in [5, 5.41) is 3.30. The van der Waals surface area contributed by atoms with E-state index in [9.17, 15) is 4.39 Å². The van der Waals surface area contributed by atoms with Crippen molar-refractivity contribution in [3.8, 4) is 0 Å². The predicted molar refractivity (Wildman–Crippen MR) is 68.1 cm³/mol. The molecule has 1 aliphatic carbocycles. The SMILES string of the molecule is CCC1CC1Nc1ccc(C(N)=S)c(F)c1. The van der Waals surface area contributed by atoms with Crippen LogP contribution in [0.25, 0.3) is 0 Å². The van der Waals surface area contributed by atoms with Gasteiger partial charge in [-0.1, -0.05) is 25.6 Å². The van der Waals surface area contributed by atoms with Crippen molar-refractivity contribution in [2.75, 3.05) is 5.32 Å². The van der Waals surface area contributed by atoms with Gasteiger partial charge in [-0.2, -0.15) is 0 Å². The lowest BCUT2D eigenvalue weighted by Crippen LogP contribution is -2.12. The van der Waals surface area contributed by atoms with Crippen molar-refractivity contribution in [1.29, 1.82) is 0 Å². The van der Waals surface area contributed by atoms with Gasteiger partial charge in [0.25, 0.3) is 0 Å². The van der Waals surface area contributed by atoms with Crippen LogP contribution in [0, 0.1) is 11.7 Å². The largest absolute Gasteiger partial charge is 0.389 e. The highest BCUT2D eigenvalue weighted by Crippen LogP contribution is 2.36. The second-order valence-corrected chi connectivity index (χ2v) is 4.65. The smallest absolute Gasteiger partial charge is 0.135 e. The van der Waals surface area contributed by atoms with Crippen LogP contribution in [0.4, 0.5) is 10.1 Å².